The molecule has 2 aliphatic rings. The summed E-state index contributed by atoms with van der Waals surface area (Å²) < 4.78 is 17.8. The van der Waals surface area contributed by atoms with Gasteiger partial charge in [0.05, 0.1) is 22.3 Å². The average Bonchev–Trinajstić information content (AvgIpc) is 3.32. The van der Waals surface area contributed by atoms with Crippen molar-refractivity contribution in [1.29, 1.82) is 0 Å². The molecule has 1 saturated heterocycles. The third-order valence-corrected chi connectivity index (χ3v) is 6.62. The van der Waals surface area contributed by atoms with Crippen LogP contribution >= 0.6 is 22.6 Å². The number of carbonyl (C=O) groups is 2. The fourth-order valence-corrected chi connectivity index (χ4v) is 4.62. The Morgan fingerprint density at radius 1 is 1.33 bits per heavy atom. The van der Waals surface area contributed by atoms with Crippen molar-refractivity contribution in [2.45, 2.75) is 43.6 Å². The van der Waals surface area contributed by atoms with Crippen LogP contribution in [-0.4, -0.2) is 91.3 Å². The van der Waals surface area contributed by atoms with Crippen LogP contribution in [0.2, 0.25) is 0 Å². The maximum atomic E-state index is 13.0. The molecule has 3 N–H and O–H groups in total. The molecule has 9 nitrogen and oxygen atoms in total. The van der Waals surface area contributed by atoms with Crippen molar-refractivity contribution in [3.63, 3.8) is 0 Å². The molecule has 0 aromatic heterocycles. The van der Waals surface area contributed by atoms with E-state index in [1.165, 1.54) is 7.11 Å². The number of carbonyl (C=O) groups excluding carboxylic acids is 2. The lowest BCUT2D eigenvalue weighted by atomic mass is 9.88. The van der Waals surface area contributed by atoms with Crippen LogP contribution in [0.3, 0.4) is 0 Å². The zero-order valence-electron chi connectivity index (χ0n) is 18.6. The van der Waals surface area contributed by atoms with Crippen molar-refractivity contribution in [2.24, 2.45) is 0 Å². The van der Waals surface area contributed by atoms with Crippen LogP contribution in [0, 0.1) is 3.57 Å². The number of para-hydroxylation sites is 1. The van der Waals surface area contributed by atoms with Crippen LogP contribution in [-0.2, 0) is 19.1 Å². The molecule has 1 aliphatic carbocycles. The maximum absolute atomic E-state index is 13.0. The molecule has 3 rings (SSSR count). The number of benzene rings is 1. The predicted molar refractivity (Wildman–Crippen MR) is 129 cm³/mol. The molecule has 0 spiro atoms. The van der Waals surface area contributed by atoms with Gasteiger partial charge in [0, 0.05) is 38.8 Å². The highest BCUT2D eigenvalue weighted by molar-refractivity contribution is 14.1. The van der Waals surface area contributed by atoms with Crippen molar-refractivity contribution in [1.82, 2.24) is 10.2 Å². The first-order valence-corrected chi connectivity index (χ1v) is 12.1. The molecular formula is C23H31IN2O7. The number of ether oxygens (including phenoxy) is 3. The number of hydrogen-bond acceptors (Lipinski definition) is 7. The van der Waals surface area contributed by atoms with Gasteiger partial charge in [-0.1, -0.05) is 12.1 Å². The SMILES string of the molecule is COCC(=O)N(CC1CCCO1)C1CC(C(=O)NCCO)=CC(Oc2ccccc2I)C1O. The van der Waals surface area contributed by atoms with E-state index in [4.69, 9.17) is 19.3 Å². The van der Waals surface area contributed by atoms with Gasteiger partial charge < -0.3 is 34.6 Å². The molecule has 1 fully saturated rings. The van der Waals surface area contributed by atoms with E-state index in [9.17, 15) is 14.7 Å². The van der Waals surface area contributed by atoms with E-state index in [2.05, 4.69) is 27.9 Å². The molecule has 1 aromatic rings. The fraction of sp³-hybridized carbons (Fsp3) is 0.565. The molecule has 1 heterocycles. The summed E-state index contributed by atoms with van der Waals surface area (Å²) in [6.45, 7) is 0.703. The minimum absolute atomic E-state index is 0.105. The largest absolute Gasteiger partial charge is 0.482 e. The van der Waals surface area contributed by atoms with E-state index in [-0.39, 0.29) is 44.1 Å². The van der Waals surface area contributed by atoms with E-state index in [1.807, 2.05) is 18.2 Å². The number of aliphatic hydroxyl groups excluding tert-OH is 2. The normalized spacial score (nSPS) is 24.8. The van der Waals surface area contributed by atoms with Crippen molar-refractivity contribution in [2.75, 3.05) is 40.0 Å². The highest BCUT2D eigenvalue weighted by Crippen LogP contribution is 2.30. The van der Waals surface area contributed by atoms with E-state index in [1.54, 1.807) is 17.0 Å². The number of rotatable bonds is 10. The first kappa shape index (κ1) is 25.9. The van der Waals surface area contributed by atoms with Crippen LogP contribution in [0.25, 0.3) is 0 Å². The van der Waals surface area contributed by atoms with Crippen LogP contribution in [0.4, 0.5) is 0 Å². The molecule has 4 unspecified atom stereocenters. The van der Waals surface area contributed by atoms with Gasteiger partial charge in [-0.3, -0.25) is 9.59 Å². The van der Waals surface area contributed by atoms with Gasteiger partial charge >= 0.3 is 0 Å². The minimum atomic E-state index is -1.07. The molecule has 33 heavy (non-hydrogen) atoms. The molecule has 4 atom stereocenters. The third-order valence-electron chi connectivity index (χ3n) is 5.73. The second-order valence-corrected chi connectivity index (χ2v) is 9.22. The van der Waals surface area contributed by atoms with Crippen LogP contribution in [0.1, 0.15) is 19.3 Å². The van der Waals surface area contributed by atoms with Gasteiger partial charge in [0.25, 0.3) is 0 Å². The summed E-state index contributed by atoms with van der Waals surface area (Å²) >= 11 is 2.14. The molecule has 0 radical (unpaired) electrons. The molecule has 2 amide bonds. The number of nitrogens with zero attached hydrogens (tertiary/aromatic N) is 1. The third kappa shape index (κ3) is 6.89. The average molecular weight is 574 g/mol. The summed E-state index contributed by atoms with van der Waals surface area (Å²) in [5.74, 6) is -0.0845. The molecule has 182 valence electrons. The molecule has 1 aromatic carbocycles. The molecular weight excluding hydrogens is 543 g/mol. The number of hydrogen-bond donors (Lipinski definition) is 3. The van der Waals surface area contributed by atoms with Gasteiger partial charge in [0.15, 0.2) is 0 Å². The summed E-state index contributed by atoms with van der Waals surface area (Å²) in [4.78, 5) is 27.3. The van der Waals surface area contributed by atoms with Gasteiger partial charge in [0.2, 0.25) is 11.8 Å². The number of nitrogens with one attached hydrogen (secondary N) is 1. The quantitative estimate of drug-likeness (QED) is 0.355. The summed E-state index contributed by atoms with van der Waals surface area (Å²) in [5.41, 5.74) is 0.386. The van der Waals surface area contributed by atoms with Crippen molar-refractivity contribution in [3.8, 4) is 5.75 Å². The summed E-state index contributed by atoms with van der Waals surface area (Å²) in [6, 6.07) is 6.67. The first-order chi connectivity index (χ1) is 15.9. The minimum Gasteiger partial charge on any atom is -0.482 e. The van der Waals surface area contributed by atoms with Crippen LogP contribution < -0.4 is 10.1 Å². The van der Waals surface area contributed by atoms with Gasteiger partial charge in [-0.2, -0.15) is 0 Å². The second-order valence-electron chi connectivity index (χ2n) is 8.06. The predicted octanol–water partition coefficient (Wildman–Crippen LogP) is 0.861. The Hall–Kier alpha value is -1.73. The number of halogens is 1. The van der Waals surface area contributed by atoms with Crippen molar-refractivity contribution < 1.29 is 34.0 Å². The molecule has 0 bridgehead atoms. The second kappa shape index (κ2) is 12.7. The summed E-state index contributed by atoms with van der Waals surface area (Å²) in [7, 11) is 1.44. The van der Waals surface area contributed by atoms with Gasteiger partial charge in [-0.25, -0.2) is 0 Å². The van der Waals surface area contributed by atoms with E-state index in [0.717, 1.165) is 16.4 Å². The Labute approximate surface area is 207 Å². The van der Waals surface area contributed by atoms with Crippen LogP contribution in [0.5, 0.6) is 5.75 Å². The molecule has 1 aliphatic heterocycles. The maximum Gasteiger partial charge on any atom is 0.248 e. The Kier molecular flexibility index (Phi) is 9.93. The molecule has 10 heteroatoms. The van der Waals surface area contributed by atoms with Gasteiger partial charge in [0.1, 0.15) is 24.6 Å². The summed E-state index contributed by atoms with van der Waals surface area (Å²) in [6.07, 6.45) is 1.42. The summed E-state index contributed by atoms with van der Waals surface area (Å²) in [5, 5.41) is 23.0. The Bertz CT molecular complexity index is 844. The topological polar surface area (TPSA) is 118 Å². The zero-order chi connectivity index (χ0) is 23.8. The van der Waals surface area contributed by atoms with Gasteiger partial charge in [-0.15, -0.1) is 0 Å². The number of methoxy groups -OCH3 is 1. The van der Waals surface area contributed by atoms with E-state index < -0.39 is 18.2 Å². The lowest BCUT2D eigenvalue weighted by molar-refractivity contribution is -0.144. The molecule has 0 saturated carbocycles. The lowest BCUT2D eigenvalue weighted by Gasteiger charge is -2.41. The first-order valence-electron chi connectivity index (χ1n) is 11.0. The monoisotopic (exact) mass is 574 g/mol. The van der Waals surface area contributed by atoms with E-state index >= 15 is 0 Å². The lowest BCUT2D eigenvalue weighted by Crippen LogP contribution is -2.57. The highest BCUT2D eigenvalue weighted by atomic mass is 127. The fourth-order valence-electron chi connectivity index (χ4n) is 4.10. The standard InChI is InChI=1S/C23H31IN2O7/c1-31-14-21(28)26(13-16-5-4-10-32-16)18-11-15(23(30)25-8-9-27)12-20(22(18)29)33-19-7-3-2-6-17(19)24/h2-3,6-7,12,16,18,20,22,27,29H,4-5,8-11,13-14H2,1H3,(H,25,30). The van der Waals surface area contributed by atoms with E-state index in [0.29, 0.717) is 24.5 Å². The van der Waals surface area contributed by atoms with Crippen molar-refractivity contribution >= 4 is 34.4 Å². The Morgan fingerprint density at radius 3 is 2.79 bits per heavy atom. The Morgan fingerprint density at radius 2 is 2.12 bits per heavy atom. The number of aliphatic hydroxyl groups is 2. The van der Waals surface area contributed by atoms with Gasteiger partial charge in [-0.05, 0) is 53.6 Å². The van der Waals surface area contributed by atoms with Crippen LogP contribution in [0.15, 0.2) is 35.9 Å². The number of amides is 2. The van der Waals surface area contributed by atoms with Crippen molar-refractivity contribution in [3.05, 3.63) is 39.5 Å². The Balaban J connectivity index is 1.90. The zero-order valence-corrected chi connectivity index (χ0v) is 20.8. The highest BCUT2D eigenvalue weighted by Gasteiger charge is 2.41. The smallest absolute Gasteiger partial charge is 0.248 e.